The minimum Gasteiger partial charge on any atom is -0.382 e. The van der Waals surface area contributed by atoms with Gasteiger partial charge in [-0.05, 0) is 32.0 Å². The van der Waals surface area contributed by atoms with Crippen molar-refractivity contribution in [1.82, 2.24) is 0 Å². The van der Waals surface area contributed by atoms with Crippen LogP contribution in [0.25, 0.3) is 0 Å². The van der Waals surface area contributed by atoms with Gasteiger partial charge in [-0.3, -0.25) is 4.79 Å². The van der Waals surface area contributed by atoms with E-state index in [-0.39, 0.29) is 5.91 Å². The van der Waals surface area contributed by atoms with Crippen molar-refractivity contribution in [1.29, 1.82) is 0 Å². The van der Waals surface area contributed by atoms with Crippen molar-refractivity contribution in [3.05, 3.63) is 23.2 Å². The van der Waals surface area contributed by atoms with Gasteiger partial charge in [0.1, 0.15) is 0 Å². The molecule has 1 aliphatic heterocycles. The standard InChI is InChI=1S/C12H15ClN2O/c1-12(2)7-14-9-6-8(13)4-5-10(9)15(3)11(12)16/h4-6,14H,7H2,1-3H3. The average molecular weight is 239 g/mol. The lowest BCUT2D eigenvalue weighted by molar-refractivity contribution is -0.125. The molecular formula is C12H15ClN2O. The summed E-state index contributed by atoms with van der Waals surface area (Å²) in [7, 11) is 1.80. The molecule has 86 valence electrons. The fraction of sp³-hybridized carbons (Fsp3) is 0.417. The molecule has 0 bridgehead atoms. The van der Waals surface area contributed by atoms with Crippen LogP contribution >= 0.6 is 11.6 Å². The second-order valence-electron chi connectivity index (χ2n) is 4.76. The number of carbonyl (C=O) groups excluding carboxylic acids is 1. The summed E-state index contributed by atoms with van der Waals surface area (Å²) in [5.41, 5.74) is 1.38. The number of anilines is 2. The summed E-state index contributed by atoms with van der Waals surface area (Å²) in [4.78, 5) is 13.9. The third-order valence-electron chi connectivity index (χ3n) is 2.92. The van der Waals surface area contributed by atoms with Crippen LogP contribution in [0, 0.1) is 5.41 Å². The molecule has 2 rings (SSSR count). The van der Waals surface area contributed by atoms with Gasteiger partial charge in [0, 0.05) is 18.6 Å². The molecule has 1 aromatic rings. The van der Waals surface area contributed by atoms with Crippen LogP contribution in [0.3, 0.4) is 0 Å². The minimum absolute atomic E-state index is 0.112. The van der Waals surface area contributed by atoms with E-state index in [0.717, 1.165) is 11.4 Å². The van der Waals surface area contributed by atoms with E-state index in [4.69, 9.17) is 11.6 Å². The van der Waals surface area contributed by atoms with Crippen molar-refractivity contribution in [2.75, 3.05) is 23.8 Å². The number of amides is 1. The molecule has 1 aliphatic rings. The van der Waals surface area contributed by atoms with E-state index < -0.39 is 5.41 Å². The number of hydrogen-bond acceptors (Lipinski definition) is 2. The van der Waals surface area contributed by atoms with E-state index in [0.29, 0.717) is 11.6 Å². The molecule has 16 heavy (non-hydrogen) atoms. The normalized spacial score (nSPS) is 18.8. The van der Waals surface area contributed by atoms with Gasteiger partial charge >= 0.3 is 0 Å². The molecule has 0 saturated carbocycles. The Labute approximate surface area is 100 Å². The van der Waals surface area contributed by atoms with Crippen LogP contribution in [-0.2, 0) is 4.79 Å². The van der Waals surface area contributed by atoms with Crippen molar-refractivity contribution in [3.63, 3.8) is 0 Å². The number of nitrogens with one attached hydrogen (secondary N) is 1. The Morgan fingerprint density at radius 2 is 2.12 bits per heavy atom. The topological polar surface area (TPSA) is 32.3 Å². The van der Waals surface area contributed by atoms with Gasteiger partial charge in [-0.15, -0.1) is 0 Å². The highest BCUT2D eigenvalue weighted by molar-refractivity contribution is 6.31. The molecule has 0 aromatic heterocycles. The monoisotopic (exact) mass is 238 g/mol. The van der Waals surface area contributed by atoms with Crippen molar-refractivity contribution >= 4 is 28.9 Å². The zero-order chi connectivity index (χ0) is 11.9. The maximum absolute atomic E-state index is 12.2. The van der Waals surface area contributed by atoms with Crippen LogP contribution < -0.4 is 10.2 Å². The van der Waals surface area contributed by atoms with Gasteiger partial charge < -0.3 is 10.2 Å². The van der Waals surface area contributed by atoms with Gasteiger partial charge in [-0.1, -0.05) is 11.6 Å². The lowest BCUT2D eigenvalue weighted by Gasteiger charge is -2.25. The SMILES string of the molecule is CN1C(=O)C(C)(C)CNc2cc(Cl)ccc21. The van der Waals surface area contributed by atoms with Crippen LogP contribution in [0.5, 0.6) is 0 Å². The highest BCUT2D eigenvalue weighted by Gasteiger charge is 2.34. The van der Waals surface area contributed by atoms with E-state index in [1.54, 1.807) is 18.0 Å². The van der Waals surface area contributed by atoms with E-state index in [1.807, 2.05) is 26.0 Å². The van der Waals surface area contributed by atoms with E-state index in [1.165, 1.54) is 0 Å². The summed E-state index contributed by atoms with van der Waals surface area (Å²) in [6.45, 7) is 4.49. The highest BCUT2D eigenvalue weighted by Crippen LogP contribution is 2.34. The number of carbonyl (C=O) groups is 1. The second-order valence-corrected chi connectivity index (χ2v) is 5.20. The van der Waals surface area contributed by atoms with Gasteiger partial charge in [-0.2, -0.15) is 0 Å². The summed E-state index contributed by atoms with van der Waals surface area (Å²) in [5, 5.41) is 3.94. The van der Waals surface area contributed by atoms with Gasteiger partial charge in [-0.25, -0.2) is 0 Å². The van der Waals surface area contributed by atoms with Gasteiger partial charge in [0.05, 0.1) is 16.8 Å². The molecule has 0 spiro atoms. The van der Waals surface area contributed by atoms with Crippen molar-refractivity contribution in [3.8, 4) is 0 Å². The number of nitrogens with zero attached hydrogens (tertiary/aromatic N) is 1. The largest absolute Gasteiger partial charge is 0.382 e. The molecule has 0 fully saturated rings. The summed E-state index contributed by atoms with van der Waals surface area (Å²) in [5.74, 6) is 0.112. The first kappa shape index (κ1) is 11.3. The summed E-state index contributed by atoms with van der Waals surface area (Å²) in [6.07, 6.45) is 0. The van der Waals surface area contributed by atoms with Gasteiger partial charge in [0.25, 0.3) is 0 Å². The summed E-state index contributed by atoms with van der Waals surface area (Å²) < 4.78 is 0. The predicted octanol–water partition coefficient (Wildman–Crippen LogP) is 2.75. The molecule has 0 saturated heterocycles. The quantitative estimate of drug-likeness (QED) is 0.754. The molecule has 1 aromatic carbocycles. The molecule has 3 nitrogen and oxygen atoms in total. The molecule has 0 aliphatic carbocycles. The van der Waals surface area contributed by atoms with Gasteiger partial charge in [0.15, 0.2) is 0 Å². The molecule has 0 unspecified atom stereocenters. The Kier molecular flexibility index (Phi) is 2.58. The van der Waals surface area contributed by atoms with E-state index >= 15 is 0 Å². The first-order chi connectivity index (χ1) is 7.42. The number of fused-ring (bicyclic) bond motifs is 1. The van der Waals surface area contributed by atoms with Crippen molar-refractivity contribution < 1.29 is 4.79 Å². The Bertz CT molecular complexity index is 443. The maximum atomic E-state index is 12.2. The maximum Gasteiger partial charge on any atom is 0.234 e. The van der Waals surface area contributed by atoms with E-state index in [2.05, 4.69) is 5.32 Å². The smallest absolute Gasteiger partial charge is 0.234 e. The third kappa shape index (κ3) is 1.76. The second kappa shape index (κ2) is 3.67. The highest BCUT2D eigenvalue weighted by atomic mass is 35.5. The molecule has 4 heteroatoms. The molecule has 1 amide bonds. The van der Waals surface area contributed by atoms with Crippen LogP contribution in [0.1, 0.15) is 13.8 Å². The Balaban J connectivity index is 2.50. The number of halogens is 1. The molecule has 0 radical (unpaired) electrons. The third-order valence-corrected chi connectivity index (χ3v) is 3.16. The molecule has 0 atom stereocenters. The zero-order valence-corrected chi connectivity index (χ0v) is 10.4. The van der Waals surface area contributed by atoms with Crippen molar-refractivity contribution in [2.45, 2.75) is 13.8 Å². The number of benzene rings is 1. The number of rotatable bonds is 0. The average Bonchev–Trinajstić information content (AvgIpc) is 2.31. The Morgan fingerprint density at radius 1 is 1.44 bits per heavy atom. The fourth-order valence-corrected chi connectivity index (χ4v) is 2.07. The number of hydrogen-bond donors (Lipinski definition) is 1. The van der Waals surface area contributed by atoms with Crippen LogP contribution in [0.4, 0.5) is 11.4 Å². The molecule has 1 N–H and O–H groups in total. The lowest BCUT2D eigenvalue weighted by Crippen LogP contribution is -2.40. The summed E-state index contributed by atoms with van der Waals surface area (Å²) in [6, 6.07) is 5.51. The van der Waals surface area contributed by atoms with Crippen molar-refractivity contribution in [2.24, 2.45) is 5.41 Å². The van der Waals surface area contributed by atoms with E-state index in [9.17, 15) is 4.79 Å². The summed E-state index contributed by atoms with van der Waals surface area (Å²) >= 11 is 5.94. The van der Waals surface area contributed by atoms with Crippen LogP contribution in [0.2, 0.25) is 5.02 Å². The van der Waals surface area contributed by atoms with Crippen LogP contribution in [0.15, 0.2) is 18.2 Å². The Hall–Kier alpha value is -1.22. The first-order valence-electron chi connectivity index (χ1n) is 5.23. The minimum atomic E-state index is -0.403. The fourth-order valence-electron chi connectivity index (χ4n) is 1.90. The molecule has 1 heterocycles. The first-order valence-corrected chi connectivity index (χ1v) is 5.61. The molecular weight excluding hydrogens is 224 g/mol. The lowest BCUT2D eigenvalue weighted by atomic mass is 9.92. The predicted molar refractivity (Wildman–Crippen MR) is 67.1 cm³/mol. The van der Waals surface area contributed by atoms with Crippen LogP contribution in [-0.4, -0.2) is 19.5 Å². The Morgan fingerprint density at radius 3 is 2.81 bits per heavy atom. The van der Waals surface area contributed by atoms with Gasteiger partial charge in [0.2, 0.25) is 5.91 Å². The zero-order valence-electron chi connectivity index (χ0n) is 9.67.